The first-order chi connectivity index (χ1) is 11.7. The Labute approximate surface area is 142 Å². The molecule has 3 rings (SSSR count). The van der Waals surface area contributed by atoms with Gasteiger partial charge in [0.1, 0.15) is 6.10 Å². The Morgan fingerprint density at radius 2 is 1.79 bits per heavy atom. The summed E-state index contributed by atoms with van der Waals surface area (Å²) in [6.45, 7) is 6.31. The van der Waals surface area contributed by atoms with E-state index in [1.807, 2.05) is 34.1 Å². The van der Waals surface area contributed by atoms with Crippen LogP contribution < -0.4 is 5.32 Å². The molecular formula is C18H25N3O3. The van der Waals surface area contributed by atoms with Gasteiger partial charge in [-0.15, -0.1) is 0 Å². The van der Waals surface area contributed by atoms with E-state index >= 15 is 0 Å². The van der Waals surface area contributed by atoms with Gasteiger partial charge in [-0.2, -0.15) is 0 Å². The molecule has 0 aliphatic carbocycles. The fourth-order valence-corrected chi connectivity index (χ4v) is 3.12. The molecule has 2 fully saturated rings. The van der Waals surface area contributed by atoms with Gasteiger partial charge in [0, 0.05) is 44.8 Å². The molecule has 0 saturated carbocycles. The van der Waals surface area contributed by atoms with Crippen molar-refractivity contribution < 1.29 is 14.3 Å². The fraction of sp³-hybridized carbons (Fsp3) is 0.556. The molecule has 0 aromatic heterocycles. The first-order valence-electron chi connectivity index (χ1n) is 8.68. The molecule has 1 aromatic rings. The first kappa shape index (κ1) is 16.9. The van der Waals surface area contributed by atoms with Crippen molar-refractivity contribution in [2.75, 3.05) is 45.9 Å². The molecular weight excluding hydrogens is 306 g/mol. The number of nitrogens with one attached hydrogen (secondary N) is 1. The smallest absolute Gasteiger partial charge is 0.253 e. The van der Waals surface area contributed by atoms with Gasteiger partial charge in [0.2, 0.25) is 0 Å². The minimum Gasteiger partial charge on any atom is -0.366 e. The number of morpholine rings is 1. The van der Waals surface area contributed by atoms with Gasteiger partial charge in [-0.1, -0.05) is 19.1 Å². The number of aryl methyl sites for hydroxylation is 1. The van der Waals surface area contributed by atoms with Gasteiger partial charge < -0.3 is 19.9 Å². The van der Waals surface area contributed by atoms with Crippen LogP contribution in [0.15, 0.2) is 24.3 Å². The van der Waals surface area contributed by atoms with Crippen LogP contribution in [0.1, 0.15) is 22.8 Å². The number of benzene rings is 1. The second kappa shape index (κ2) is 7.77. The summed E-state index contributed by atoms with van der Waals surface area (Å²) >= 11 is 0. The van der Waals surface area contributed by atoms with Crippen LogP contribution in [0.2, 0.25) is 0 Å². The van der Waals surface area contributed by atoms with Gasteiger partial charge in [0.15, 0.2) is 0 Å². The molecule has 0 bridgehead atoms. The molecule has 0 radical (unpaired) electrons. The van der Waals surface area contributed by atoms with E-state index in [1.165, 1.54) is 5.56 Å². The third kappa shape index (κ3) is 3.76. The quantitative estimate of drug-likeness (QED) is 0.877. The molecule has 2 aliphatic heterocycles. The van der Waals surface area contributed by atoms with Crippen LogP contribution in [0.5, 0.6) is 0 Å². The number of hydrogen-bond donors (Lipinski definition) is 1. The molecule has 1 unspecified atom stereocenters. The highest BCUT2D eigenvalue weighted by atomic mass is 16.5. The fourth-order valence-electron chi connectivity index (χ4n) is 3.12. The summed E-state index contributed by atoms with van der Waals surface area (Å²) in [5, 5.41) is 3.18. The van der Waals surface area contributed by atoms with Crippen molar-refractivity contribution in [3.8, 4) is 0 Å². The summed E-state index contributed by atoms with van der Waals surface area (Å²) in [6, 6.07) is 7.78. The molecule has 24 heavy (non-hydrogen) atoms. The third-order valence-electron chi connectivity index (χ3n) is 4.69. The van der Waals surface area contributed by atoms with E-state index in [2.05, 4.69) is 12.2 Å². The molecule has 130 valence electrons. The molecule has 1 N–H and O–H groups in total. The van der Waals surface area contributed by atoms with Gasteiger partial charge in [-0.3, -0.25) is 9.59 Å². The predicted octanol–water partition coefficient (Wildman–Crippen LogP) is 0.522. The van der Waals surface area contributed by atoms with E-state index in [4.69, 9.17) is 4.74 Å². The van der Waals surface area contributed by atoms with Crippen molar-refractivity contribution in [3.63, 3.8) is 0 Å². The molecule has 2 saturated heterocycles. The molecule has 0 spiro atoms. The average molecular weight is 331 g/mol. The Bertz CT molecular complexity index is 574. The number of piperazine rings is 1. The minimum absolute atomic E-state index is 0.0293. The van der Waals surface area contributed by atoms with E-state index in [9.17, 15) is 9.59 Å². The number of rotatable bonds is 3. The number of carbonyl (C=O) groups is 2. The minimum atomic E-state index is -0.386. The van der Waals surface area contributed by atoms with Crippen molar-refractivity contribution in [2.24, 2.45) is 0 Å². The van der Waals surface area contributed by atoms with Crippen LogP contribution in [0, 0.1) is 0 Å². The van der Waals surface area contributed by atoms with Gasteiger partial charge in [-0.05, 0) is 24.1 Å². The van der Waals surface area contributed by atoms with Gasteiger partial charge >= 0.3 is 0 Å². The second-order valence-electron chi connectivity index (χ2n) is 6.23. The van der Waals surface area contributed by atoms with E-state index in [0.29, 0.717) is 44.9 Å². The zero-order valence-corrected chi connectivity index (χ0v) is 14.2. The Morgan fingerprint density at radius 1 is 1.12 bits per heavy atom. The lowest BCUT2D eigenvalue weighted by atomic mass is 10.1. The second-order valence-corrected chi connectivity index (χ2v) is 6.23. The molecule has 6 heteroatoms. The summed E-state index contributed by atoms with van der Waals surface area (Å²) in [5.41, 5.74) is 1.94. The van der Waals surface area contributed by atoms with E-state index in [0.717, 1.165) is 13.0 Å². The molecule has 6 nitrogen and oxygen atoms in total. The maximum atomic E-state index is 12.6. The van der Waals surface area contributed by atoms with Crippen LogP contribution in [0.4, 0.5) is 0 Å². The van der Waals surface area contributed by atoms with E-state index < -0.39 is 0 Å². The van der Waals surface area contributed by atoms with Gasteiger partial charge in [0.05, 0.1) is 6.61 Å². The van der Waals surface area contributed by atoms with E-state index in [1.54, 1.807) is 0 Å². The maximum absolute atomic E-state index is 12.6. The average Bonchev–Trinajstić information content (AvgIpc) is 2.68. The van der Waals surface area contributed by atoms with Crippen molar-refractivity contribution >= 4 is 11.8 Å². The monoisotopic (exact) mass is 331 g/mol. The standard InChI is InChI=1S/C18H25N3O3/c1-2-14-3-5-15(6-4-14)17(22)20-8-10-21(11-9-20)18(23)16-13-19-7-12-24-16/h3-6,16,19H,2,7-13H2,1H3. The van der Waals surface area contributed by atoms with Crippen molar-refractivity contribution in [2.45, 2.75) is 19.4 Å². The lowest BCUT2D eigenvalue weighted by Crippen LogP contribution is -2.56. The van der Waals surface area contributed by atoms with Gasteiger partial charge in [0.25, 0.3) is 11.8 Å². The normalized spacial score (nSPS) is 21.6. The Balaban J connectivity index is 1.54. The molecule has 2 aliphatic rings. The van der Waals surface area contributed by atoms with Crippen LogP contribution in [-0.4, -0.2) is 73.6 Å². The van der Waals surface area contributed by atoms with Crippen LogP contribution in [-0.2, 0) is 16.0 Å². The van der Waals surface area contributed by atoms with Crippen molar-refractivity contribution in [3.05, 3.63) is 35.4 Å². The summed E-state index contributed by atoms with van der Waals surface area (Å²) in [5.74, 6) is 0.0712. The molecule has 1 atom stereocenters. The number of ether oxygens (including phenoxy) is 1. The highest BCUT2D eigenvalue weighted by Crippen LogP contribution is 2.12. The van der Waals surface area contributed by atoms with Gasteiger partial charge in [-0.25, -0.2) is 0 Å². The largest absolute Gasteiger partial charge is 0.366 e. The Kier molecular flexibility index (Phi) is 5.48. The lowest BCUT2D eigenvalue weighted by Gasteiger charge is -2.37. The third-order valence-corrected chi connectivity index (χ3v) is 4.69. The van der Waals surface area contributed by atoms with Crippen LogP contribution in [0.25, 0.3) is 0 Å². The molecule has 1 aromatic carbocycles. The number of hydrogen-bond acceptors (Lipinski definition) is 4. The predicted molar refractivity (Wildman–Crippen MR) is 90.9 cm³/mol. The van der Waals surface area contributed by atoms with Crippen LogP contribution in [0.3, 0.4) is 0 Å². The highest BCUT2D eigenvalue weighted by Gasteiger charge is 2.30. The maximum Gasteiger partial charge on any atom is 0.253 e. The number of nitrogens with zero attached hydrogens (tertiary/aromatic N) is 2. The Morgan fingerprint density at radius 3 is 2.38 bits per heavy atom. The Hall–Kier alpha value is -1.92. The zero-order valence-electron chi connectivity index (χ0n) is 14.2. The highest BCUT2D eigenvalue weighted by molar-refractivity contribution is 5.94. The number of carbonyl (C=O) groups excluding carboxylic acids is 2. The lowest BCUT2D eigenvalue weighted by molar-refractivity contribution is -0.146. The summed E-state index contributed by atoms with van der Waals surface area (Å²) in [6.07, 6.45) is 0.579. The van der Waals surface area contributed by atoms with E-state index in [-0.39, 0.29) is 17.9 Å². The first-order valence-corrected chi connectivity index (χ1v) is 8.68. The summed E-state index contributed by atoms with van der Waals surface area (Å²) in [7, 11) is 0. The molecule has 2 heterocycles. The van der Waals surface area contributed by atoms with Crippen molar-refractivity contribution in [1.82, 2.24) is 15.1 Å². The van der Waals surface area contributed by atoms with Crippen molar-refractivity contribution in [1.29, 1.82) is 0 Å². The SMILES string of the molecule is CCc1ccc(C(=O)N2CCN(C(=O)C3CNCCO3)CC2)cc1. The van der Waals surface area contributed by atoms with Crippen LogP contribution >= 0.6 is 0 Å². The topological polar surface area (TPSA) is 61.9 Å². The summed E-state index contributed by atoms with van der Waals surface area (Å²) < 4.78 is 5.52. The zero-order chi connectivity index (χ0) is 16.9. The summed E-state index contributed by atoms with van der Waals surface area (Å²) in [4.78, 5) is 28.6. The number of amides is 2. The molecule has 2 amide bonds.